The van der Waals surface area contributed by atoms with Crippen molar-refractivity contribution in [3.05, 3.63) is 22.4 Å². The number of likely N-dealkylation sites (tertiary alicyclic amines) is 2. The quantitative estimate of drug-likeness (QED) is 0.884. The van der Waals surface area contributed by atoms with Crippen LogP contribution in [0.15, 0.2) is 17.5 Å². The molecule has 0 radical (unpaired) electrons. The Kier molecular flexibility index (Phi) is 4.73. The van der Waals surface area contributed by atoms with Crippen LogP contribution in [0.5, 0.6) is 0 Å². The number of rotatable bonds is 2. The first kappa shape index (κ1) is 14.1. The predicted octanol–water partition coefficient (Wildman–Crippen LogP) is 1.81. The summed E-state index contributed by atoms with van der Waals surface area (Å²) in [6.07, 6.45) is 7.99. The standard InChI is InChI=1S/C16H24N2OS/c19-16(15-6-5-13-20-15)18-11-7-14(8-12-18)17-9-3-1-2-4-10-17/h5-6,13-14H,1-4,7-12H2/p+1. The maximum atomic E-state index is 12.3. The van der Waals surface area contributed by atoms with E-state index in [1.807, 2.05) is 22.4 Å². The largest absolute Gasteiger partial charge is 0.337 e. The molecule has 20 heavy (non-hydrogen) atoms. The summed E-state index contributed by atoms with van der Waals surface area (Å²) in [6.45, 7) is 4.60. The molecule has 1 aromatic rings. The normalized spacial score (nSPS) is 22.7. The van der Waals surface area contributed by atoms with Crippen LogP contribution in [0, 0.1) is 0 Å². The zero-order valence-electron chi connectivity index (χ0n) is 12.1. The Balaban J connectivity index is 1.52. The Hall–Kier alpha value is -0.870. The van der Waals surface area contributed by atoms with Gasteiger partial charge in [0.25, 0.3) is 5.91 Å². The van der Waals surface area contributed by atoms with Gasteiger partial charge in [0.15, 0.2) is 0 Å². The van der Waals surface area contributed by atoms with Gasteiger partial charge in [-0.3, -0.25) is 4.79 Å². The van der Waals surface area contributed by atoms with E-state index in [1.54, 1.807) is 11.3 Å². The molecule has 1 N–H and O–H groups in total. The first-order valence-electron chi connectivity index (χ1n) is 8.02. The Morgan fingerprint density at radius 3 is 2.45 bits per heavy atom. The zero-order chi connectivity index (χ0) is 13.8. The minimum Gasteiger partial charge on any atom is -0.337 e. The number of quaternary nitrogens is 1. The van der Waals surface area contributed by atoms with Gasteiger partial charge in [0, 0.05) is 25.9 Å². The zero-order valence-corrected chi connectivity index (χ0v) is 13.0. The molecule has 2 saturated heterocycles. The summed E-state index contributed by atoms with van der Waals surface area (Å²) in [6, 6.07) is 4.70. The molecule has 2 aliphatic heterocycles. The van der Waals surface area contributed by atoms with Gasteiger partial charge in [-0.1, -0.05) is 6.07 Å². The average molecular weight is 293 g/mol. The van der Waals surface area contributed by atoms with Gasteiger partial charge in [-0.25, -0.2) is 0 Å². The summed E-state index contributed by atoms with van der Waals surface area (Å²) in [5.41, 5.74) is 0. The molecule has 2 fully saturated rings. The molecule has 0 saturated carbocycles. The van der Waals surface area contributed by atoms with Crippen LogP contribution in [0.1, 0.15) is 48.2 Å². The first-order valence-corrected chi connectivity index (χ1v) is 8.90. The summed E-state index contributed by atoms with van der Waals surface area (Å²) in [4.78, 5) is 17.1. The Bertz CT molecular complexity index is 416. The minimum absolute atomic E-state index is 0.240. The molecule has 110 valence electrons. The maximum absolute atomic E-state index is 12.3. The van der Waals surface area contributed by atoms with Gasteiger partial charge in [-0.2, -0.15) is 0 Å². The highest BCUT2D eigenvalue weighted by atomic mass is 32.1. The summed E-state index contributed by atoms with van der Waals surface area (Å²) in [5.74, 6) is 0.240. The van der Waals surface area contributed by atoms with Crippen molar-refractivity contribution in [2.75, 3.05) is 26.2 Å². The topological polar surface area (TPSA) is 24.8 Å². The van der Waals surface area contributed by atoms with Crippen molar-refractivity contribution >= 4 is 17.2 Å². The third-order valence-corrected chi connectivity index (χ3v) is 5.70. The van der Waals surface area contributed by atoms with Gasteiger partial charge in [-0.05, 0) is 37.1 Å². The minimum atomic E-state index is 0.240. The van der Waals surface area contributed by atoms with Gasteiger partial charge in [0.2, 0.25) is 0 Å². The van der Waals surface area contributed by atoms with Crippen LogP contribution in [0.2, 0.25) is 0 Å². The highest BCUT2D eigenvalue weighted by Gasteiger charge is 2.30. The number of hydrogen-bond acceptors (Lipinski definition) is 2. The molecule has 0 unspecified atom stereocenters. The van der Waals surface area contributed by atoms with E-state index in [2.05, 4.69) is 4.90 Å². The number of nitrogens with zero attached hydrogens (tertiary/aromatic N) is 1. The average Bonchev–Trinajstić information content (AvgIpc) is 2.89. The third-order valence-electron chi connectivity index (χ3n) is 4.84. The lowest BCUT2D eigenvalue weighted by atomic mass is 10.0. The molecule has 1 amide bonds. The molecular weight excluding hydrogens is 268 g/mol. The molecule has 3 rings (SSSR count). The van der Waals surface area contributed by atoms with Crippen LogP contribution < -0.4 is 4.90 Å². The van der Waals surface area contributed by atoms with E-state index in [-0.39, 0.29) is 5.91 Å². The Labute approximate surface area is 125 Å². The first-order chi connectivity index (χ1) is 9.84. The lowest BCUT2D eigenvalue weighted by molar-refractivity contribution is -0.926. The summed E-state index contributed by atoms with van der Waals surface area (Å²) in [5, 5.41) is 1.99. The molecule has 0 aliphatic carbocycles. The van der Waals surface area contributed by atoms with Crippen molar-refractivity contribution < 1.29 is 9.69 Å². The fraction of sp³-hybridized carbons (Fsp3) is 0.688. The van der Waals surface area contributed by atoms with Crippen LogP contribution in [0.3, 0.4) is 0 Å². The lowest BCUT2D eigenvalue weighted by Gasteiger charge is -2.35. The fourth-order valence-electron chi connectivity index (χ4n) is 3.64. The molecule has 3 nitrogen and oxygen atoms in total. The van der Waals surface area contributed by atoms with E-state index < -0.39 is 0 Å². The van der Waals surface area contributed by atoms with Crippen LogP contribution in [-0.4, -0.2) is 43.0 Å². The number of hydrogen-bond donors (Lipinski definition) is 1. The summed E-state index contributed by atoms with van der Waals surface area (Å²) >= 11 is 1.56. The Morgan fingerprint density at radius 1 is 1.15 bits per heavy atom. The molecule has 0 spiro atoms. The summed E-state index contributed by atoms with van der Waals surface area (Å²) < 4.78 is 0. The number of carbonyl (C=O) groups excluding carboxylic acids is 1. The number of nitrogens with one attached hydrogen (secondary N) is 1. The van der Waals surface area contributed by atoms with Gasteiger partial charge >= 0.3 is 0 Å². The van der Waals surface area contributed by atoms with Crippen molar-refractivity contribution in [3.8, 4) is 0 Å². The van der Waals surface area contributed by atoms with E-state index in [9.17, 15) is 4.79 Å². The van der Waals surface area contributed by atoms with E-state index in [1.165, 1.54) is 51.6 Å². The van der Waals surface area contributed by atoms with E-state index >= 15 is 0 Å². The number of piperidine rings is 1. The van der Waals surface area contributed by atoms with Crippen LogP contribution in [0.25, 0.3) is 0 Å². The number of amides is 1. The molecule has 2 aliphatic rings. The van der Waals surface area contributed by atoms with Crippen LogP contribution in [0.4, 0.5) is 0 Å². The van der Waals surface area contributed by atoms with Gasteiger partial charge in [0.05, 0.1) is 24.0 Å². The van der Waals surface area contributed by atoms with Crippen LogP contribution >= 0.6 is 11.3 Å². The summed E-state index contributed by atoms with van der Waals surface area (Å²) in [7, 11) is 0. The number of carbonyl (C=O) groups is 1. The monoisotopic (exact) mass is 293 g/mol. The second-order valence-electron chi connectivity index (χ2n) is 6.12. The SMILES string of the molecule is O=C(c1cccs1)N1CCC([NH+]2CCCCCC2)CC1. The van der Waals surface area contributed by atoms with Crippen LogP contribution in [-0.2, 0) is 0 Å². The molecule has 3 heterocycles. The number of thiophene rings is 1. The Morgan fingerprint density at radius 2 is 1.85 bits per heavy atom. The van der Waals surface area contributed by atoms with Crippen molar-refractivity contribution in [1.82, 2.24) is 4.90 Å². The molecular formula is C16H25N2OS+. The van der Waals surface area contributed by atoms with Gasteiger partial charge in [0.1, 0.15) is 0 Å². The highest BCUT2D eigenvalue weighted by molar-refractivity contribution is 7.12. The second-order valence-corrected chi connectivity index (χ2v) is 7.06. The highest BCUT2D eigenvalue weighted by Crippen LogP contribution is 2.16. The van der Waals surface area contributed by atoms with Crippen molar-refractivity contribution in [2.24, 2.45) is 0 Å². The smallest absolute Gasteiger partial charge is 0.263 e. The third kappa shape index (κ3) is 3.23. The van der Waals surface area contributed by atoms with E-state index in [4.69, 9.17) is 0 Å². The lowest BCUT2D eigenvalue weighted by Crippen LogP contribution is -3.16. The van der Waals surface area contributed by atoms with Crippen molar-refractivity contribution in [3.63, 3.8) is 0 Å². The molecule has 0 aromatic carbocycles. The van der Waals surface area contributed by atoms with Crippen molar-refractivity contribution in [2.45, 2.75) is 44.6 Å². The molecule has 0 atom stereocenters. The molecule has 0 bridgehead atoms. The van der Waals surface area contributed by atoms with Gasteiger partial charge in [-0.15, -0.1) is 11.3 Å². The van der Waals surface area contributed by atoms with E-state index in [0.717, 1.165) is 24.0 Å². The maximum Gasteiger partial charge on any atom is 0.263 e. The van der Waals surface area contributed by atoms with Gasteiger partial charge < -0.3 is 9.80 Å². The fourth-order valence-corrected chi connectivity index (χ4v) is 4.33. The predicted molar refractivity (Wildman–Crippen MR) is 82.4 cm³/mol. The van der Waals surface area contributed by atoms with Crippen molar-refractivity contribution in [1.29, 1.82) is 0 Å². The molecule has 1 aromatic heterocycles. The van der Waals surface area contributed by atoms with E-state index in [0.29, 0.717) is 0 Å². The molecule has 4 heteroatoms. The second kappa shape index (κ2) is 6.72.